The summed E-state index contributed by atoms with van der Waals surface area (Å²) in [7, 11) is 2.15. The molecule has 1 aliphatic heterocycles. The van der Waals surface area contributed by atoms with Crippen LogP contribution in [0.3, 0.4) is 0 Å². The van der Waals surface area contributed by atoms with Crippen LogP contribution in [0.15, 0.2) is 0 Å². The van der Waals surface area contributed by atoms with Crippen molar-refractivity contribution in [1.82, 2.24) is 4.90 Å². The van der Waals surface area contributed by atoms with E-state index in [2.05, 4.69) is 32.7 Å². The summed E-state index contributed by atoms with van der Waals surface area (Å²) in [5, 5.41) is 0. The smallest absolute Gasteiger partial charge is 0.0936 e. The number of nitrogens with zero attached hydrogens (tertiary/aromatic N) is 1. The zero-order valence-corrected chi connectivity index (χ0v) is 9.88. The fourth-order valence-electron chi connectivity index (χ4n) is 1.46. The lowest BCUT2D eigenvalue weighted by molar-refractivity contribution is -0.102. The fraction of sp³-hybridized carbons (Fsp3) is 1.00. The predicted octanol–water partition coefficient (Wildman–Crippen LogP) is 1.52. The maximum absolute atomic E-state index is 5.62. The van der Waals surface area contributed by atoms with Crippen molar-refractivity contribution in [3.8, 4) is 0 Å². The summed E-state index contributed by atoms with van der Waals surface area (Å²) in [6, 6.07) is 0. The van der Waals surface area contributed by atoms with Crippen LogP contribution in [-0.2, 0) is 9.47 Å². The maximum Gasteiger partial charge on any atom is 0.0936 e. The number of hydrogen-bond donors (Lipinski definition) is 0. The lowest BCUT2D eigenvalue weighted by Crippen LogP contribution is -2.47. The van der Waals surface area contributed by atoms with Crippen molar-refractivity contribution in [2.45, 2.75) is 38.8 Å². The van der Waals surface area contributed by atoms with Crippen molar-refractivity contribution in [1.29, 1.82) is 0 Å². The summed E-state index contributed by atoms with van der Waals surface area (Å²) in [5.74, 6) is 0. The number of hydrogen-bond acceptors (Lipinski definition) is 3. The largest absolute Gasteiger partial charge is 0.376 e. The molecule has 1 rings (SSSR count). The minimum absolute atomic E-state index is 0.250. The van der Waals surface area contributed by atoms with Gasteiger partial charge in [0.15, 0.2) is 0 Å². The highest BCUT2D eigenvalue weighted by Crippen LogP contribution is 2.17. The Morgan fingerprint density at radius 2 is 2.07 bits per heavy atom. The van der Waals surface area contributed by atoms with E-state index in [-0.39, 0.29) is 11.6 Å². The van der Waals surface area contributed by atoms with E-state index in [9.17, 15) is 0 Å². The highest BCUT2D eigenvalue weighted by molar-refractivity contribution is 4.79. The average molecular weight is 201 g/mol. The first-order valence-electron chi connectivity index (χ1n) is 5.47. The summed E-state index contributed by atoms with van der Waals surface area (Å²) in [4.78, 5) is 2.35. The molecule has 0 aromatic rings. The van der Waals surface area contributed by atoms with E-state index in [1.165, 1.54) is 0 Å². The van der Waals surface area contributed by atoms with E-state index >= 15 is 0 Å². The van der Waals surface area contributed by atoms with Crippen LogP contribution in [0.5, 0.6) is 0 Å². The molecule has 0 N–H and O–H groups in total. The van der Waals surface area contributed by atoms with Crippen molar-refractivity contribution in [2.75, 3.05) is 33.4 Å². The van der Waals surface area contributed by atoms with Crippen molar-refractivity contribution in [3.05, 3.63) is 0 Å². The van der Waals surface area contributed by atoms with Crippen LogP contribution < -0.4 is 0 Å². The molecule has 1 fully saturated rings. The molecule has 0 spiro atoms. The molecule has 84 valence electrons. The summed E-state index contributed by atoms with van der Waals surface area (Å²) in [6.07, 6.45) is 1.40. The van der Waals surface area contributed by atoms with Gasteiger partial charge in [-0.15, -0.1) is 0 Å². The van der Waals surface area contributed by atoms with Gasteiger partial charge in [0.2, 0.25) is 0 Å². The molecule has 3 heteroatoms. The van der Waals surface area contributed by atoms with E-state index in [1.807, 2.05) is 0 Å². The quantitative estimate of drug-likeness (QED) is 0.688. The van der Waals surface area contributed by atoms with Gasteiger partial charge >= 0.3 is 0 Å². The molecule has 1 atom stereocenters. The van der Waals surface area contributed by atoms with Crippen molar-refractivity contribution in [3.63, 3.8) is 0 Å². The highest BCUT2D eigenvalue weighted by atomic mass is 16.6. The van der Waals surface area contributed by atoms with Gasteiger partial charge in [0, 0.05) is 12.1 Å². The Morgan fingerprint density at radius 1 is 1.36 bits per heavy atom. The van der Waals surface area contributed by atoms with Crippen LogP contribution in [0.1, 0.15) is 27.2 Å². The topological polar surface area (TPSA) is 21.7 Å². The second-order valence-corrected chi connectivity index (χ2v) is 4.61. The van der Waals surface area contributed by atoms with E-state index in [0.717, 1.165) is 32.8 Å². The van der Waals surface area contributed by atoms with Gasteiger partial charge in [-0.1, -0.05) is 6.92 Å². The molecular formula is C11H23NO2. The SMILES string of the molecule is CCC(C)(C)N(C)C[C@@H]1COCCO1. The Kier molecular flexibility index (Phi) is 4.35. The Morgan fingerprint density at radius 3 is 2.57 bits per heavy atom. The molecule has 0 saturated carbocycles. The second kappa shape index (κ2) is 5.10. The minimum Gasteiger partial charge on any atom is -0.376 e. The van der Waals surface area contributed by atoms with Crippen molar-refractivity contribution < 1.29 is 9.47 Å². The first kappa shape index (κ1) is 12.0. The Balaban J connectivity index is 2.34. The summed E-state index contributed by atoms with van der Waals surface area (Å²) in [6.45, 7) is 9.93. The Hall–Kier alpha value is -0.120. The number of ether oxygens (including phenoxy) is 2. The molecular weight excluding hydrogens is 178 g/mol. The third-order valence-corrected chi connectivity index (χ3v) is 3.26. The fourth-order valence-corrected chi connectivity index (χ4v) is 1.46. The molecule has 1 heterocycles. The van der Waals surface area contributed by atoms with Gasteiger partial charge in [-0.2, -0.15) is 0 Å². The standard InChI is InChI=1S/C11H23NO2/c1-5-11(2,3)12(4)8-10-9-13-6-7-14-10/h10H,5-9H2,1-4H3/t10-/m1/s1. The first-order chi connectivity index (χ1) is 6.56. The lowest BCUT2D eigenvalue weighted by atomic mass is 9.99. The number of likely N-dealkylation sites (N-methyl/N-ethyl adjacent to an activating group) is 1. The zero-order valence-electron chi connectivity index (χ0n) is 9.88. The molecule has 14 heavy (non-hydrogen) atoms. The summed E-state index contributed by atoms with van der Waals surface area (Å²) >= 11 is 0. The van der Waals surface area contributed by atoms with E-state index in [0.29, 0.717) is 0 Å². The van der Waals surface area contributed by atoms with Gasteiger partial charge in [-0.3, -0.25) is 4.90 Å². The molecule has 0 radical (unpaired) electrons. The molecule has 0 aromatic carbocycles. The normalized spacial score (nSPS) is 24.2. The van der Waals surface area contributed by atoms with Crippen LogP contribution in [-0.4, -0.2) is 50.0 Å². The van der Waals surface area contributed by atoms with Gasteiger partial charge in [0.25, 0.3) is 0 Å². The molecule has 1 saturated heterocycles. The van der Waals surface area contributed by atoms with E-state index in [1.54, 1.807) is 0 Å². The van der Waals surface area contributed by atoms with Gasteiger partial charge in [-0.05, 0) is 27.3 Å². The third-order valence-electron chi connectivity index (χ3n) is 3.26. The molecule has 0 aromatic heterocycles. The molecule has 0 aliphatic carbocycles. The Labute approximate surface area is 87.4 Å². The van der Waals surface area contributed by atoms with Crippen LogP contribution in [0, 0.1) is 0 Å². The predicted molar refractivity (Wildman–Crippen MR) is 57.6 cm³/mol. The third kappa shape index (κ3) is 3.23. The van der Waals surface area contributed by atoms with Gasteiger partial charge < -0.3 is 9.47 Å². The van der Waals surface area contributed by atoms with Crippen LogP contribution in [0.2, 0.25) is 0 Å². The van der Waals surface area contributed by atoms with Crippen LogP contribution >= 0.6 is 0 Å². The number of rotatable bonds is 4. The van der Waals surface area contributed by atoms with Gasteiger partial charge in [-0.25, -0.2) is 0 Å². The Bertz CT molecular complexity index is 165. The van der Waals surface area contributed by atoms with Gasteiger partial charge in [0.05, 0.1) is 25.9 Å². The second-order valence-electron chi connectivity index (χ2n) is 4.61. The van der Waals surface area contributed by atoms with E-state index in [4.69, 9.17) is 9.47 Å². The van der Waals surface area contributed by atoms with Crippen molar-refractivity contribution >= 4 is 0 Å². The maximum atomic E-state index is 5.62. The summed E-state index contributed by atoms with van der Waals surface area (Å²) < 4.78 is 11.0. The van der Waals surface area contributed by atoms with Crippen LogP contribution in [0.25, 0.3) is 0 Å². The molecule has 0 unspecified atom stereocenters. The lowest BCUT2D eigenvalue weighted by Gasteiger charge is -2.37. The first-order valence-corrected chi connectivity index (χ1v) is 5.47. The molecule has 1 aliphatic rings. The summed E-state index contributed by atoms with van der Waals surface area (Å²) in [5.41, 5.74) is 0.251. The minimum atomic E-state index is 0.250. The van der Waals surface area contributed by atoms with E-state index < -0.39 is 0 Å². The molecule has 0 bridgehead atoms. The molecule has 0 amide bonds. The van der Waals surface area contributed by atoms with Crippen LogP contribution in [0.4, 0.5) is 0 Å². The van der Waals surface area contributed by atoms with Gasteiger partial charge in [0.1, 0.15) is 0 Å². The zero-order chi connectivity index (χ0) is 10.6. The average Bonchev–Trinajstić information content (AvgIpc) is 2.19. The monoisotopic (exact) mass is 201 g/mol. The van der Waals surface area contributed by atoms with Crippen molar-refractivity contribution in [2.24, 2.45) is 0 Å². The molecule has 3 nitrogen and oxygen atoms in total. The highest BCUT2D eigenvalue weighted by Gasteiger charge is 2.25.